The standard InChI is InChI=1S/C7H5BrClF2NO/c1-13-4-2-3(9)5(8)6(12-4)7(10)11/h2,7H,1H3. The molecule has 6 heteroatoms. The van der Waals surface area contributed by atoms with E-state index in [4.69, 9.17) is 16.3 Å². The monoisotopic (exact) mass is 271 g/mol. The molecule has 72 valence electrons. The van der Waals surface area contributed by atoms with Crippen molar-refractivity contribution in [2.24, 2.45) is 0 Å². The normalized spacial score (nSPS) is 10.6. The predicted octanol–water partition coefficient (Wildman–Crippen LogP) is 3.44. The van der Waals surface area contributed by atoms with Crippen molar-refractivity contribution in [3.05, 3.63) is 21.3 Å². The van der Waals surface area contributed by atoms with Gasteiger partial charge < -0.3 is 4.74 Å². The summed E-state index contributed by atoms with van der Waals surface area (Å²) in [6.45, 7) is 0. The first-order valence-corrected chi connectivity index (χ1v) is 4.41. The van der Waals surface area contributed by atoms with Gasteiger partial charge in [0.15, 0.2) is 0 Å². The zero-order valence-corrected chi connectivity index (χ0v) is 8.86. The third kappa shape index (κ3) is 2.28. The van der Waals surface area contributed by atoms with E-state index in [0.29, 0.717) is 0 Å². The third-order valence-corrected chi connectivity index (χ3v) is 2.69. The molecule has 0 fully saturated rings. The van der Waals surface area contributed by atoms with Crippen molar-refractivity contribution in [2.45, 2.75) is 6.43 Å². The molecular weight excluding hydrogens is 267 g/mol. The van der Waals surface area contributed by atoms with Gasteiger partial charge >= 0.3 is 0 Å². The highest BCUT2D eigenvalue weighted by atomic mass is 79.9. The highest BCUT2D eigenvalue weighted by molar-refractivity contribution is 9.10. The summed E-state index contributed by atoms with van der Waals surface area (Å²) in [6.07, 6.45) is -2.68. The summed E-state index contributed by atoms with van der Waals surface area (Å²) in [4.78, 5) is 3.55. The van der Waals surface area contributed by atoms with Gasteiger partial charge in [-0.05, 0) is 15.9 Å². The van der Waals surface area contributed by atoms with Crippen LogP contribution in [0.15, 0.2) is 10.5 Å². The first-order chi connectivity index (χ1) is 6.06. The van der Waals surface area contributed by atoms with Crippen LogP contribution in [-0.4, -0.2) is 12.1 Å². The second-order valence-electron chi connectivity index (χ2n) is 2.15. The van der Waals surface area contributed by atoms with Crippen LogP contribution in [0.1, 0.15) is 12.1 Å². The van der Waals surface area contributed by atoms with Crippen LogP contribution < -0.4 is 4.74 Å². The Hall–Kier alpha value is -0.420. The smallest absolute Gasteiger partial charge is 0.281 e. The van der Waals surface area contributed by atoms with Crippen molar-refractivity contribution in [1.82, 2.24) is 4.98 Å². The van der Waals surface area contributed by atoms with E-state index in [1.165, 1.54) is 13.2 Å². The molecular formula is C7H5BrClF2NO. The fraction of sp³-hybridized carbons (Fsp3) is 0.286. The first kappa shape index (κ1) is 10.7. The number of ether oxygens (including phenoxy) is 1. The molecule has 0 saturated heterocycles. The van der Waals surface area contributed by atoms with Crippen molar-refractivity contribution < 1.29 is 13.5 Å². The van der Waals surface area contributed by atoms with Gasteiger partial charge in [0.1, 0.15) is 5.69 Å². The summed E-state index contributed by atoms with van der Waals surface area (Å²) in [5.74, 6) is 0.0727. The molecule has 1 rings (SSSR count). The quantitative estimate of drug-likeness (QED) is 0.823. The van der Waals surface area contributed by atoms with E-state index in [1.54, 1.807) is 0 Å². The Morgan fingerprint density at radius 1 is 1.62 bits per heavy atom. The Bertz CT molecular complexity index is 322. The van der Waals surface area contributed by atoms with Gasteiger partial charge in [0.25, 0.3) is 6.43 Å². The number of nitrogens with zero attached hydrogens (tertiary/aromatic N) is 1. The van der Waals surface area contributed by atoms with Crippen molar-refractivity contribution in [1.29, 1.82) is 0 Å². The number of hydrogen-bond donors (Lipinski definition) is 0. The fourth-order valence-corrected chi connectivity index (χ4v) is 1.31. The Kier molecular flexibility index (Phi) is 3.44. The molecule has 0 atom stereocenters. The molecule has 1 aromatic heterocycles. The number of aromatic nitrogens is 1. The SMILES string of the molecule is COc1cc(Cl)c(Br)c(C(F)F)n1. The van der Waals surface area contributed by atoms with Crippen molar-refractivity contribution in [3.63, 3.8) is 0 Å². The molecule has 0 aromatic carbocycles. The first-order valence-electron chi connectivity index (χ1n) is 3.24. The van der Waals surface area contributed by atoms with E-state index in [0.717, 1.165) is 0 Å². The van der Waals surface area contributed by atoms with E-state index in [1.807, 2.05) is 0 Å². The minimum Gasteiger partial charge on any atom is -0.481 e. The van der Waals surface area contributed by atoms with E-state index in [2.05, 4.69) is 20.9 Å². The van der Waals surface area contributed by atoms with Crippen LogP contribution in [0.4, 0.5) is 8.78 Å². The van der Waals surface area contributed by atoms with Crippen molar-refractivity contribution in [2.75, 3.05) is 7.11 Å². The Morgan fingerprint density at radius 3 is 2.69 bits per heavy atom. The Labute approximate surface area is 87.0 Å². The second-order valence-corrected chi connectivity index (χ2v) is 3.35. The van der Waals surface area contributed by atoms with Crippen LogP contribution in [0.2, 0.25) is 5.02 Å². The topological polar surface area (TPSA) is 22.1 Å². The van der Waals surface area contributed by atoms with E-state index < -0.39 is 12.1 Å². The van der Waals surface area contributed by atoms with E-state index in [9.17, 15) is 8.78 Å². The molecule has 0 unspecified atom stereocenters. The van der Waals surface area contributed by atoms with Gasteiger partial charge in [0, 0.05) is 6.07 Å². The lowest BCUT2D eigenvalue weighted by Gasteiger charge is -2.06. The zero-order valence-electron chi connectivity index (χ0n) is 6.52. The van der Waals surface area contributed by atoms with Gasteiger partial charge in [-0.1, -0.05) is 11.6 Å². The lowest BCUT2D eigenvalue weighted by Crippen LogP contribution is -1.96. The third-order valence-electron chi connectivity index (χ3n) is 1.33. The van der Waals surface area contributed by atoms with Crippen LogP contribution in [0.3, 0.4) is 0 Å². The summed E-state index contributed by atoms with van der Waals surface area (Å²) in [5, 5.41) is 0.155. The molecule has 1 aromatic rings. The summed E-state index contributed by atoms with van der Waals surface area (Å²) in [6, 6.07) is 1.36. The summed E-state index contributed by atoms with van der Waals surface area (Å²) < 4.78 is 29.4. The molecule has 0 radical (unpaired) electrons. The van der Waals surface area contributed by atoms with Crippen LogP contribution in [0.5, 0.6) is 5.88 Å². The second kappa shape index (κ2) is 4.19. The van der Waals surface area contributed by atoms with Gasteiger partial charge in [-0.25, -0.2) is 13.8 Å². The van der Waals surface area contributed by atoms with Crippen LogP contribution in [0.25, 0.3) is 0 Å². The molecule has 0 aliphatic carbocycles. The number of methoxy groups -OCH3 is 1. The fourth-order valence-electron chi connectivity index (χ4n) is 0.743. The van der Waals surface area contributed by atoms with Crippen molar-refractivity contribution in [3.8, 4) is 5.88 Å². The molecule has 0 spiro atoms. The molecule has 0 saturated carbocycles. The number of pyridine rings is 1. The maximum absolute atomic E-state index is 12.3. The van der Waals surface area contributed by atoms with Gasteiger partial charge in [0.05, 0.1) is 16.6 Å². The summed E-state index contributed by atoms with van der Waals surface area (Å²) >= 11 is 8.56. The maximum atomic E-state index is 12.3. The molecule has 13 heavy (non-hydrogen) atoms. The minimum absolute atomic E-state index is 0.0727. The summed E-state index contributed by atoms with van der Waals surface area (Å²) in [5.41, 5.74) is -0.413. The highest BCUT2D eigenvalue weighted by Crippen LogP contribution is 2.33. The van der Waals surface area contributed by atoms with Crippen LogP contribution >= 0.6 is 27.5 Å². The van der Waals surface area contributed by atoms with E-state index in [-0.39, 0.29) is 15.4 Å². The Morgan fingerprint density at radius 2 is 2.23 bits per heavy atom. The number of halogens is 4. The molecule has 1 heterocycles. The highest BCUT2D eigenvalue weighted by Gasteiger charge is 2.17. The van der Waals surface area contributed by atoms with Crippen LogP contribution in [-0.2, 0) is 0 Å². The minimum atomic E-state index is -2.68. The van der Waals surface area contributed by atoms with Gasteiger partial charge in [-0.15, -0.1) is 0 Å². The maximum Gasteiger partial charge on any atom is 0.281 e. The lowest BCUT2D eigenvalue weighted by atomic mass is 10.3. The molecule has 0 aliphatic rings. The average molecular weight is 272 g/mol. The molecule has 0 aliphatic heterocycles. The van der Waals surface area contributed by atoms with E-state index >= 15 is 0 Å². The number of rotatable bonds is 2. The van der Waals surface area contributed by atoms with Crippen molar-refractivity contribution >= 4 is 27.5 Å². The zero-order chi connectivity index (χ0) is 10.0. The molecule has 0 bridgehead atoms. The Balaban J connectivity index is 3.25. The molecule has 0 amide bonds. The van der Waals surface area contributed by atoms with Gasteiger partial charge in [-0.2, -0.15) is 0 Å². The predicted molar refractivity (Wildman–Crippen MR) is 48.5 cm³/mol. The summed E-state index contributed by atoms with van der Waals surface area (Å²) in [7, 11) is 1.34. The lowest BCUT2D eigenvalue weighted by molar-refractivity contribution is 0.144. The number of hydrogen-bond acceptors (Lipinski definition) is 2. The molecule has 2 nitrogen and oxygen atoms in total. The van der Waals surface area contributed by atoms with Crippen LogP contribution in [0, 0.1) is 0 Å². The van der Waals surface area contributed by atoms with Gasteiger partial charge in [0.2, 0.25) is 5.88 Å². The largest absolute Gasteiger partial charge is 0.481 e. The average Bonchev–Trinajstić information content (AvgIpc) is 2.09. The molecule has 0 N–H and O–H groups in total. The van der Waals surface area contributed by atoms with Gasteiger partial charge in [-0.3, -0.25) is 0 Å². The number of alkyl halides is 2.